The van der Waals surface area contributed by atoms with Crippen molar-refractivity contribution < 1.29 is 42.9 Å². The van der Waals surface area contributed by atoms with Gasteiger partial charge in [-0.15, -0.1) is 0 Å². The highest BCUT2D eigenvalue weighted by atomic mass is 31.2. The molecular weight excluding hydrogens is 517 g/mol. The zero-order valence-electron chi connectivity index (χ0n) is 21.9. The summed E-state index contributed by atoms with van der Waals surface area (Å²) in [6.45, 7) is 6.87. The fraction of sp³-hybridized carbons (Fsp3) is 0.520. The zero-order chi connectivity index (χ0) is 28.1. The molecule has 2 unspecified atom stereocenters. The van der Waals surface area contributed by atoms with E-state index in [1.807, 2.05) is 20.8 Å². The van der Waals surface area contributed by atoms with Crippen molar-refractivity contribution in [2.75, 3.05) is 13.2 Å². The minimum absolute atomic E-state index is 0.154. The summed E-state index contributed by atoms with van der Waals surface area (Å²) in [5, 5.41) is 23.8. The SMILES string of the molecule is CC(NP(=O)(OC[C@H]1O[C@@H](N2C=CCC(C(N)=O)=C2)[C@H](O)[C@@H]1O)Oc1ccccc1)C(=O)OCC(C)(C)C. The molecule has 0 aromatic heterocycles. The fourth-order valence-corrected chi connectivity index (χ4v) is 5.10. The Labute approximate surface area is 222 Å². The van der Waals surface area contributed by atoms with Gasteiger partial charge in [-0.05, 0) is 30.9 Å². The Morgan fingerprint density at radius 1 is 1.24 bits per heavy atom. The van der Waals surface area contributed by atoms with Gasteiger partial charge in [0.2, 0.25) is 5.91 Å². The minimum atomic E-state index is -4.21. The smallest absolute Gasteiger partial charge is 0.459 e. The van der Waals surface area contributed by atoms with Crippen LogP contribution in [0.1, 0.15) is 34.1 Å². The summed E-state index contributed by atoms with van der Waals surface area (Å²) in [5.41, 5.74) is 5.39. The third-order valence-corrected chi connectivity index (χ3v) is 7.24. The fourth-order valence-electron chi connectivity index (χ4n) is 3.60. The lowest BCUT2D eigenvalue weighted by molar-refractivity contribution is -0.148. The molecule has 1 aromatic rings. The lowest BCUT2D eigenvalue weighted by atomic mass is 9.99. The number of para-hydroxylation sites is 1. The average Bonchev–Trinajstić information content (AvgIpc) is 3.15. The van der Waals surface area contributed by atoms with Crippen LogP contribution in [0.4, 0.5) is 0 Å². The number of carbonyl (C=O) groups excluding carboxylic acids is 2. The molecule has 6 atom stereocenters. The highest BCUT2D eigenvalue weighted by molar-refractivity contribution is 7.52. The third-order valence-electron chi connectivity index (χ3n) is 5.60. The van der Waals surface area contributed by atoms with Gasteiger partial charge in [-0.25, -0.2) is 4.57 Å². The quantitative estimate of drug-likeness (QED) is 0.233. The first-order chi connectivity index (χ1) is 17.8. The Morgan fingerprint density at radius 2 is 1.92 bits per heavy atom. The number of benzene rings is 1. The monoisotopic (exact) mass is 553 g/mol. The van der Waals surface area contributed by atoms with Crippen molar-refractivity contribution in [3.63, 3.8) is 0 Å². The Balaban J connectivity index is 1.70. The number of hydrogen-bond donors (Lipinski definition) is 4. The third kappa shape index (κ3) is 8.13. The highest BCUT2D eigenvalue weighted by Gasteiger charge is 2.46. The lowest BCUT2D eigenvalue weighted by Gasteiger charge is -2.28. The number of hydrogen-bond acceptors (Lipinski definition) is 10. The van der Waals surface area contributed by atoms with Gasteiger partial charge in [0.25, 0.3) is 0 Å². The van der Waals surface area contributed by atoms with Crippen molar-refractivity contribution in [3.8, 4) is 5.75 Å². The van der Waals surface area contributed by atoms with Crippen molar-refractivity contribution >= 4 is 19.6 Å². The van der Waals surface area contributed by atoms with E-state index in [0.717, 1.165) is 0 Å². The summed E-state index contributed by atoms with van der Waals surface area (Å²) in [6.07, 6.45) is 0.0373. The molecule has 2 aliphatic rings. The van der Waals surface area contributed by atoms with Gasteiger partial charge in [0.15, 0.2) is 6.23 Å². The van der Waals surface area contributed by atoms with Gasteiger partial charge < -0.3 is 34.8 Å². The first kappa shape index (κ1) is 29.8. The van der Waals surface area contributed by atoms with E-state index in [4.69, 9.17) is 24.3 Å². The summed E-state index contributed by atoms with van der Waals surface area (Å²) >= 11 is 0. The molecule has 0 bridgehead atoms. The van der Waals surface area contributed by atoms with Crippen LogP contribution in [0.5, 0.6) is 5.75 Å². The number of ether oxygens (including phenoxy) is 2. The van der Waals surface area contributed by atoms with E-state index in [2.05, 4.69) is 5.09 Å². The van der Waals surface area contributed by atoms with Crippen LogP contribution in [-0.4, -0.2) is 70.8 Å². The predicted octanol–water partition coefficient (Wildman–Crippen LogP) is 1.79. The maximum Gasteiger partial charge on any atom is 0.459 e. The van der Waals surface area contributed by atoms with E-state index in [-0.39, 0.29) is 17.8 Å². The second-order valence-corrected chi connectivity index (χ2v) is 12.0. The molecular formula is C25H36N3O9P. The first-order valence-corrected chi connectivity index (χ1v) is 13.7. The Bertz CT molecular complexity index is 1090. The molecule has 1 aromatic carbocycles. The van der Waals surface area contributed by atoms with Crippen LogP contribution in [0.3, 0.4) is 0 Å². The molecule has 5 N–H and O–H groups in total. The molecule has 38 heavy (non-hydrogen) atoms. The van der Waals surface area contributed by atoms with Gasteiger partial charge >= 0.3 is 13.7 Å². The predicted molar refractivity (Wildman–Crippen MR) is 137 cm³/mol. The van der Waals surface area contributed by atoms with Gasteiger partial charge in [0, 0.05) is 18.0 Å². The molecule has 0 spiro atoms. The number of esters is 1. The van der Waals surface area contributed by atoms with Crippen LogP contribution in [0.2, 0.25) is 0 Å². The van der Waals surface area contributed by atoms with Crippen LogP contribution in [-0.2, 0) is 28.2 Å². The highest BCUT2D eigenvalue weighted by Crippen LogP contribution is 2.45. The van der Waals surface area contributed by atoms with E-state index >= 15 is 0 Å². The number of nitrogens with two attached hydrogens (primary N) is 1. The van der Waals surface area contributed by atoms with Gasteiger partial charge in [0.05, 0.1) is 13.2 Å². The number of primary amides is 1. The number of nitrogens with one attached hydrogen (secondary N) is 1. The normalized spacial score (nSPS) is 25.8. The molecule has 2 heterocycles. The van der Waals surface area contributed by atoms with E-state index in [0.29, 0.717) is 12.0 Å². The molecule has 2 aliphatic heterocycles. The van der Waals surface area contributed by atoms with E-state index in [1.54, 1.807) is 42.6 Å². The topological polar surface area (TPSA) is 170 Å². The maximum atomic E-state index is 13.7. The number of aliphatic hydroxyl groups excluding tert-OH is 2. The Kier molecular flexibility index (Phi) is 9.74. The molecule has 0 saturated carbocycles. The number of amides is 1. The summed E-state index contributed by atoms with van der Waals surface area (Å²) in [6, 6.07) is 7.15. The van der Waals surface area contributed by atoms with Gasteiger partial charge in [-0.2, -0.15) is 5.09 Å². The molecule has 1 amide bonds. The second-order valence-electron chi connectivity index (χ2n) is 10.3. The number of aliphatic hydroxyl groups is 2. The van der Waals surface area contributed by atoms with E-state index < -0.39 is 56.8 Å². The largest absolute Gasteiger partial charge is 0.464 e. The van der Waals surface area contributed by atoms with Crippen LogP contribution >= 0.6 is 7.75 Å². The Hall–Kier alpha value is -2.73. The standard InChI is InChI=1S/C25H36N3O9P/c1-16(24(32)34-15-25(2,3)4)27-38(33,37-18-10-6-5-7-11-18)35-14-19-20(29)21(30)23(36-19)28-12-8-9-17(13-28)22(26)31/h5-8,10-13,16,19-21,23,29-30H,9,14-15H2,1-4H3,(H2,26,31)(H,27,33)/t16?,19-,20-,21-,23-,38?/m1/s1. The summed E-state index contributed by atoms with van der Waals surface area (Å²) in [4.78, 5) is 25.5. The number of carbonyl (C=O) groups is 2. The summed E-state index contributed by atoms with van der Waals surface area (Å²) < 4.78 is 36.0. The van der Waals surface area contributed by atoms with E-state index in [9.17, 15) is 24.4 Å². The molecule has 3 rings (SSSR count). The Morgan fingerprint density at radius 3 is 2.55 bits per heavy atom. The molecule has 0 aliphatic carbocycles. The van der Waals surface area contributed by atoms with Crippen LogP contribution in [0, 0.1) is 5.41 Å². The molecule has 210 valence electrons. The van der Waals surface area contributed by atoms with Crippen molar-refractivity contribution in [2.45, 2.75) is 64.7 Å². The number of allylic oxidation sites excluding steroid dienone is 1. The van der Waals surface area contributed by atoms with Gasteiger partial charge in [-0.1, -0.05) is 45.0 Å². The molecule has 12 nitrogen and oxygen atoms in total. The lowest BCUT2D eigenvalue weighted by Crippen LogP contribution is -2.40. The van der Waals surface area contributed by atoms with Crippen molar-refractivity contribution in [1.82, 2.24) is 9.99 Å². The number of nitrogens with zero attached hydrogens (tertiary/aromatic N) is 1. The molecule has 1 fully saturated rings. The van der Waals surface area contributed by atoms with Gasteiger partial charge in [0.1, 0.15) is 30.1 Å². The summed E-state index contributed by atoms with van der Waals surface area (Å²) in [7, 11) is -4.21. The molecule has 0 radical (unpaired) electrons. The van der Waals surface area contributed by atoms with Gasteiger partial charge in [-0.3, -0.25) is 14.1 Å². The first-order valence-electron chi connectivity index (χ1n) is 12.2. The minimum Gasteiger partial charge on any atom is -0.464 e. The van der Waals surface area contributed by atoms with Crippen LogP contribution in [0.25, 0.3) is 0 Å². The van der Waals surface area contributed by atoms with E-state index in [1.165, 1.54) is 18.0 Å². The maximum absolute atomic E-state index is 13.7. The zero-order valence-corrected chi connectivity index (χ0v) is 22.7. The van der Waals surface area contributed by atoms with Crippen molar-refractivity contribution in [2.24, 2.45) is 11.1 Å². The molecule has 1 saturated heterocycles. The second kappa shape index (κ2) is 12.4. The van der Waals surface area contributed by atoms with Crippen molar-refractivity contribution in [3.05, 3.63) is 54.4 Å². The van der Waals surface area contributed by atoms with Crippen LogP contribution < -0.4 is 15.3 Å². The molecule has 13 heteroatoms. The van der Waals surface area contributed by atoms with Crippen LogP contribution in [0.15, 0.2) is 54.4 Å². The number of rotatable bonds is 11. The average molecular weight is 554 g/mol. The summed E-state index contributed by atoms with van der Waals surface area (Å²) in [5.74, 6) is -1.05. The van der Waals surface area contributed by atoms with Crippen molar-refractivity contribution in [1.29, 1.82) is 0 Å².